The monoisotopic (exact) mass is 196 g/mol. The molecule has 1 aromatic heterocycles. The predicted molar refractivity (Wildman–Crippen MR) is 56.1 cm³/mol. The molecule has 1 N–H and O–H groups in total. The van der Waals surface area contributed by atoms with E-state index in [4.69, 9.17) is 12.2 Å². The minimum atomic E-state index is 0.836. The van der Waals surface area contributed by atoms with Gasteiger partial charge in [0.25, 0.3) is 0 Å². The Balaban J connectivity index is 2.06. The highest BCUT2D eigenvalue weighted by Crippen LogP contribution is 2.32. The summed E-state index contributed by atoms with van der Waals surface area (Å²) in [4.78, 5) is 3.04. The van der Waals surface area contributed by atoms with E-state index in [0.717, 1.165) is 23.2 Å². The van der Waals surface area contributed by atoms with Gasteiger partial charge < -0.3 is 9.55 Å². The van der Waals surface area contributed by atoms with Gasteiger partial charge in [-0.1, -0.05) is 19.8 Å². The molecule has 13 heavy (non-hydrogen) atoms. The van der Waals surface area contributed by atoms with E-state index in [1.165, 1.54) is 19.3 Å². The molecule has 0 aromatic carbocycles. The van der Waals surface area contributed by atoms with Gasteiger partial charge in [-0.2, -0.15) is 0 Å². The summed E-state index contributed by atoms with van der Waals surface area (Å²) in [5.41, 5.74) is 0. The maximum Gasteiger partial charge on any atom is 0.177 e. The standard InChI is InChI=1S/C10H16N2S/c1-8-3-2-4-9(8)7-12-6-5-11-10(12)13/h5-6,8-9H,2-4,7H2,1H3,(H,11,13). The highest BCUT2D eigenvalue weighted by atomic mass is 32.1. The molecule has 2 rings (SSSR count). The molecule has 2 atom stereocenters. The molecule has 3 heteroatoms. The smallest absolute Gasteiger partial charge is 0.177 e. The number of nitrogens with one attached hydrogen (secondary N) is 1. The summed E-state index contributed by atoms with van der Waals surface area (Å²) in [7, 11) is 0. The van der Waals surface area contributed by atoms with Crippen molar-refractivity contribution < 1.29 is 0 Å². The Morgan fingerprint density at radius 1 is 1.62 bits per heavy atom. The number of rotatable bonds is 2. The van der Waals surface area contributed by atoms with Crippen molar-refractivity contribution in [2.24, 2.45) is 11.8 Å². The lowest BCUT2D eigenvalue weighted by Crippen LogP contribution is -2.12. The van der Waals surface area contributed by atoms with Gasteiger partial charge in [0.2, 0.25) is 0 Å². The van der Waals surface area contributed by atoms with E-state index in [1.807, 2.05) is 12.4 Å². The fourth-order valence-electron chi connectivity index (χ4n) is 2.24. The maximum atomic E-state index is 5.17. The fraction of sp³-hybridized carbons (Fsp3) is 0.700. The average Bonchev–Trinajstić information content (AvgIpc) is 2.65. The molecule has 1 aliphatic rings. The van der Waals surface area contributed by atoms with E-state index in [0.29, 0.717) is 0 Å². The van der Waals surface area contributed by atoms with Crippen LogP contribution >= 0.6 is 12.2 Å². The predicted octanol–water partition coefficient (Wildman–Crippen LogP) is 2.98. The van der Waals surface area contributed by atoms with Gasteiger partial charge in [-0.15, -0.1) is 0 Å². The first-order valence-corrected chi connectivity index (χ1v) is 5.42. The average molecular weight is 196 g/mol. The largest absolute Gasteiger partial charge is 0.337 e. The van der Waals surface area contributed by atoms with Crippen LogP contribution in [0.5, 0.6) is 0 Å². The molecule has 1 saturated carbocycles. The van der Waals surface area contributed by atoms with Crippen LogP contribution in [0.15, 0.2) is 12.4 Å². The first-order chi connectivity index (χ1) is 6.27. The molecule has 2 nitrogen and oxygen atoms in total. The van der Waals surface area contributed by atoms with Crippen molar-refractivity contribution in [3.63, 3.8) is 0 Å². The molecule has 1 aliphatic carbocycles. The van der Waals surface area contributed by atoms with Gasteiger partial charge >= 0.3 is 0 Å². The molecule has 0 radical (unpaired) electrons. The van der Waals surface area contributed by atoms with Crippen LogP contribution in [0, 0.1) is 16.6 Å². The first kappa shape index (κ1) is 9.00. The number of H-pyrrole nitrogens is 1. The number of hydrogen-bond acceptors (Lipinski definition) is 1. The zero-order valence-corrected chi connectivity index (χ0v) is 8.81. The number of aromatic amines is 1. The van der Waals surface area contributed by atoms with Gasteiger partial charge in [0.05, 0.1) is 0 Å². The Kier molecular flexibility index (Phi) is 2.54. The summed E-state index contributed by atoms with van der Waals surface area (Å²) in [6, 6.07) is 0. The molecule has 2 unspecified atom stereocenters. The van der Waals surface area contributed by atoms with Crippen LogP contribution in [0.25, 0.3) is 0 Å². The van der Waals surface area contributed by atoms with Crippen molar-refractivity contribution in [2.75, 3.05) is 0 Å². The van der Waals surface area contributed by atoms with Crippen LogP contribution in [-0.4, -0.2) is 9.55 Å². The highest BCUT2D eigenvalue weighted by Gasteiger charge is 2.23. The minimum Gasteiger partial charge on any atom is -0.337 e. The third kappa shape index (κ3) is 1.85. The second-order valence-electron chi connectivity index (χ2n) is 4.09. The zero-order valence-electron chi connectivity index (χ0n) is 7.99. The quantitative estimate of drug-likeness (QED) is 0.721. The number of aromatic nitrogens is 2. The highest BCUT2D eigenvalue weighted by molar-refractivity contribution is 7.71. The van der Waals surface area contributed by atoms with Gasteiger partial charge in [0.15, 0.2) is 4.77 Å². The molecule has 72 valence electrons. The number of hydrogen-bond donors (Lipinski definition) is 1. The topological polar surface area (TPSA) is 20.7 Å². The summed E-state index contributed by atoms with van der Waals surface area (Å²) in [5, 5.41) is 0. The van der Waals surface area contributed by atoms with E-state index in [2.05, 4.69) is 16.5 Å². The van der Waals surface area contributed by atoms with Gasteiger partial charge in [-0.3, -0.25) is 0 Å². The van der Waals surface area contributed by atoms with Crippen LogP contribution < -0.4 is 0 Å². The lowest BCUT2D eigenvalue weighted by molar-refractivity contribution is 0.362. The third-order valence-electron chi connectivity index (χ3n) is 3.19. The Hall–Kier alpha value is -0.570. The van der Waals surface area contributed by atoms with Crippen molar-refractivity contribution >= 4 is 12.2 Å². The fourth-order valence-corrected chi connectivity index (χ4v) is 2.44. The molecular weight excluding hydrogens is 180 g/mol. The van der Waals surface area contributed by atoms with E-state index < -0.39 is 0 Å². The summed E-state index contributed by atoms with van der Waals surface area (Å²) >= 11 is 5.17. The molecule has 0 bridgehead atoms. The molecule has 0 saturated heterocycles. The van der Waals surface area contributed by atoms with Gasteiger partial charge in [-0.05, 0) is 30.5 Å². The van der Waals surface area contributed by atoms with Crippen molar-refractivity contribution in [3.8, 4) is 0 Å². The summed E-state index contributed by atoms with van der Waals surface area (Å²) in [5.74, 6) is 1.71. The van der Waals surface area contributed by atoms with Crippen LogP contribution in [0.4, 0.5) is 0 Å². The van der Waals surface area contributed by atoms with Crippen LogP contribution in [0.3, 0.4) is 0 Å². The normalized spacial score (nSPS) is 28.1. The van der Waals surface area contributed by atoms with Crippen molar-refractivity contribution in [1.82, 2.24) is 9.55 Å². The van der Waals surface area contributed by atoms with Crippen molar-refractivity contribution in [1.29, 1.82) is 0 Å². The summed E-state index contributed by atoms with van der Waals surface area (Å²) in [6.45, 7) is 3.46. The van der Waals surface area contributed by atoms with E-state index in [9.17, 15) is 0 Å². The Morgan fingerprint density at radius 3 is 3.00 bits per heavy atom. The molecule has 0 aliphatic heterocycles. The molecule has 1 fully saturated rings. The number of imidazole rings is 1. The minimum absolute atomic E-state index is 0.836. The van der Waals surface area contributed by atoms with Gasteiger partial charge in [0.1, 0.15) is 0 Å². The van der Waals surface area contributed by atoms with Crippen LogP contribution in [-0.2, 0) is 6.54 Å². The second-order valence-corrected chi connectivity index (χ2v) is 4.47. The molecular formula is C10H16N2S. The van der Waals surface area contributed by atoms with E-state index in [1.54, 1.807) is 0 Å². The Bertz CT molecular complexity index is 326. The van der Waals surface area contributed by atoms with Crippen LogP contribution in [0.2, 0.25) is 0 Å². The van der Waals surface area contributed by atoms with Gasteiger partial charge in [-0.25, -0.2) is 0 Å². The third-order valence-corrected chi connectivity index (χ3v) is 3.54. The SMILES string of the molecule is CC1CCCC1Cn1cc[nH]c1=S. The van der Waals surface area contributed by atoms with E-state index in [-0.39, 0.29) is 0 Å². The Labute approximate surface area is 84.0 Å². The number of nitrogens with zero attached hydrogens (tertiary/aromatic N) is 1. The maximum absolute atomic E-state index is 5.17. The van der Waals surface area contributed by atoms with E-state index >= 15 is 0 Å². The Morgan fingerprint density at radius 2 is 2.46 bits per heavy atom. The lowest BCUT2D eigenvalue weighted by Gasteiger charge is -2.15. The summed E-state index contributed by atoms with van der Waals surface area (Å²) in [6.07, 6.45) is 8.12. The lowest BCUT2D eigenvalue weighted by atomic mass is 9.98. The summed E-state index contributed by atoms with van der Waals surface area (Å²) < 4.78 is 3.01. The van der Waals surface area contributed by atoms with Crippen molar-refractivity contribution in [3.05, 3.63) is 17.2 Å². The van der Waals surface area contributed by atoms with Crippen LogP contribution in [0.1, 0.15) is 26.2 Å². The second kappa shape index (κ2) is 3.66. The molecule has 1 heterocycles. The molecule has 0 spiro atoms. The van der Waals surface area contributed by atoms with Gasteiger partial charge in [0, 0.05) is 18.9 Å². The zero-order chi connectivity index (χ0) is 9.26. The molecule has 1 aromatic rings. The van der Waals surface area contributed by atoms with Crippen molar-refractivity contribution in [2.45, 2.75) is 32.7 Å². The first-order valence-electron chi connectivity index (χ1n) is 5.01. The molecule has 0 amide bonds.